The van der Waals surface area contributed by atoms with Crippen molar-refractivity contribution in [3.05, 3.63) is 89.7 Å². The van der Waals surface area contributed by atoms with Gasteiger partial charge in [0.05, 0.1) is 11.6 Å². The lowest BCUT2D eigenvalue weighted by atomic mass is 10.00. The fourth-order valence-corrected chi connectivity index (χ4v) is 2.35. The van der Waals surface area contributed by atoms with Crippen LogP contribution < -0.4 is 4.74 Å². The van der Waals surface area contributed by atoms with Gasteiger partial charge in [0.2, 0.25) is 0 Å². The molecular weight excluding hydrogens is 289 g/mol. The van der Waals surface area contributed by atoms with E-state index in [1.165, 1.54) is 18.2 Å². The Hall–Kier alpha value is -3.12. The second-order valence-corrected chi connectivity index (χ2v) is 5.10. The molecule has 0 fully saturated rings. The largest absolute Gasteiger partial charge is 0.489 e. The molecule has 0 aliphatic rings. The van der Waals surface area contributed by atoms with Crippen LogP contribution in [0, 0.1) is 17.1 Å². The molecule has 0 amide bonds. The molecule has 3 rings (SSSR count). The van der Waals surface area contributed by atoms with Crippen molar-refractivity contribution in [2.75, 3.05) is 0 Å². The Morgan fingerprint density at radius 2 is 1.74 bits per heavy atom. The number of hydrogen-bond donors (Lipinski definition) is 0. The number of halogens is 1. The van der Waals surface area contributed by atoms with Crippen LogP contribution >= 0.6 is 0 Å². The van der Waals surface area contributed by atoms with Crippen LogP contribution in [0.5, 0.6) is 5.75 Å². The van der Waals surface area contributed by atoms with Crippen molar-refractivity contribution in [2.24, 2.45) is 0 Å². The first-order chi connectivity index (χ1) is 11.3. The third-order valence-corrected chi connectivity index (χ3v) is 3.50. The van der Waals surface area contributed by atoms with Crippen LogP contribution in [0.3, 0.4) is 0 Å². The maximum absolute atomic E-state index is 13.5. The van der Waals surface area contributed by atoms with Crippen LogP contribution in [0.25, 0.3) is 11.1 Å². The second-order valence-electron chi connectivity index (χ2n) is 5.10. The van der Waals surface area contributed by atoms with E-state index >= 15 is 0 Å². The third kappa shape index (κ3) is 3.56. The number of nitriles is 1. The van der Waals surface area contributed by atoms with Gasteiger partial charge >= 0.3 is 0 Å². The van der Waals surface area contributed by atoms with Crippen molar-refractivity contribution < 1.29 is 9.13 Å². The fourth-order valence-electron chi connectivity index (χ4n) is 2.35. The SMILES string of the molecule is N#Cc1ccc(F)cc1-c1cccc(OCc2ccccc2)c1. The third-order valence-electron chi connectivity index (χ3n) is 3.50. The monoisotopic (exact) mass is 303 g/mol. The minimum absolute atomic E-state index is 0.366. The Morgan fingerprint density at radius 3 is 2.52 bits per heavy atom. The van der Waals surface area contributed by atoms with Gasteiger partial charge in [-0.2, -0.15) is 5.26 Å². The van der Waals surface area contributed by atoms with E-state index in [9.17, 15) is 9.65 Å². The summed E-state index contributed by atoms with van der Waals surface area (Å²) >= 11 is 0. The zero-order valence-corrected chi connectivity index (χ0v) is 12.4. The second kappa shape index (κ2) is 6.76. The highest BCUT2D eigenvalue weighted by molar-refractivity contribution is 5.71. The molecule has 0 aliphatic carbocycles. The Kier molecular flexibility index (Phi) is 4.35. The van der Waals surface area contributed by atoms with E-state index < -0.39 is 0 Å². The van der Waals surface area contributed by atoms with Crippen molar-refractivity contribution in [3.63, 3.8) is 0 Å². The predicted molar refractivity (Wildman–Crippen MR) is 87.3 cm³/mol. The van der Waals surface area contributed by atoms with Crippen LogP contribution in [0.4, 0.5) is 4.39 Å². The van der Waals surface area contributed by atoms with Crippen LogP contribution in [0.15, 0.2) is 72.8 Å². The molecule has 3 aromatic carbocycles. The van der Waals surface area contributed by atoms with E-state index in [2.05, 4.69) is 6.07 Å². The molecule has 3 heteroatoms. The summed E-state index contributed by atoms with van der Waals surface area (Å²) in [6.07, 6.45) is 0. The first kappa shape index (κ1) is 14.8. The van der Waals surface area contributed by atoms with Crippen molar-refractivity contribution in [2.45, 2.75) is 6.61 Å². The van der Waals surface area contributed by atoms with Gasteiger partial charge in [-0.3, -0.25) is 0 Å². The number of rotatable bonds is 4. The standard InChI is InChI=1S/C20H14FNO/c21-18-10-9-17(13-22)20(12-18)16-7-4-8-19(11-16)23-14-15-5-2-1-3-6-15/h1-12H,14H2. The molecule has 0 radical (unpaired) electrons. The van der Waals surface area contributed by atoms with Gasteiger partial charge in [0.15, 0.2) is 0 Å². The first-order valence-electron chi connectivity index (χ1n) is 7.23. The van der Waals surface area contributed by atoms with Crippen molar-refractivity contribution in [1.82, 2.24) is 0 Å². The van der Waals surface area contributed by atoms with Gasteiger partial charge < -0.3 is 4.74 Å². The molecule has 0 N–H and O–H groups in total. The summed E-state index contributed by atoms with van der Waals surface area (Å²) in [5.74, 6) is 0.314. The number of ether oxygens (including phenoxy) is 1. The average molecular weight is 303 g/mol. The van der Waals surface area contributed by atoms with E-state index in [0.717, 1.165) is 11.1 Å². The maximum atomic E-state index is 13.5. The highest BCUT2D eigenvalue weighted by atomic mass is 19.1. The Balaban J connectivity index is 1.86. The molecule has 0 atom stereocenters. The number of nitrogens with zero attached hydrogens (tertiary/aromatic N) is 1. The summed E-state index contributed by atoms with van der Waals surface area (Å²) < 4.78 is 19.3. The topological polar surface area (TPSA) is 33.0 Å². The van der Waals surface area contributed by atoms with Crippen LogP contribution in [-0.4, -0.2) is 0 Å². The van der Waals surface area contributed by atoms with Crippen LogP contribution in [0.2, 0.25) is 0 Å². The quantitative estimate of drug-likeness (QED) is 0.683. The van der Waals surface area contributed by atoms with Gasteiger partial charge in [-0.05, 0) is 41.5 Å². The summed E-state index contributed by atoms with van der Waals surface area (Å²) in [6, 6.07) is 23.4. The summed E-state index contributed by atoms with van der Waals surface area (Å²) in [6.45, 7) is 0.457. The van der Waals surface area contributed by atoms with Crippen molar-refractivity contribution >= 4 is 0 Å². The maximum Gasteiger partial charge on any atom is 0.123 e. The van der Waals surface area contributed by atoms with E-state index in [-0.39, 0.29) is 5.82 Å². The van der Waals surface area contributed by atoms with Gasteiger partial charge in [0, 0.05) is 5.56 Å². The molecule has 0 bridgehead atoms. The minimum atomic E-state index is -0.366. The summed E-state index contributed by atoms with van der Waals surface area (Å²) in [5, 5.41) is 9.19. The molecular formula is C20H14FNO. The van der Waals surface area contributed by atoms with Crippen LogP contribution in [-0.2, 0) is 6.61 Å². The zero-order valence-electron chi connectivity index (χ0n) is 12.4. The molecule has 0 unspecified atom stereocenters. The summed E-state index contributed by atoms with van der Waals surface area (Å²) in [4.78, 5) is 0. The smallest absolute Gasteiger partial charge is 0.123 e. The fraction of sp³-hybridized carbons (Fsp3) is 0.0500. The van der Waals surface area contributed by atoms with Crippen molar-refractivity contribution in [3.8, 4) is 22.9 Å². The first-order valence-corrected chi connectivity index (χ1v) is 7.23. The molecule has 3 aromatic rings. The van der Waals surface area contributed by atoms with Gasteiger partial charge in [-0.25, -0.2) is 4.39 Å². The zero-order chi connectivity index (χ0) is 16.1. The molecule has 0 saturated carbocycles. The van der Waals surface area contributed by atoms with Gasteiger partial charge in [0.25, 0.3) is 0 Å². The number of benzene rings is 3. The predicted octanol–water partition coefficient (Wildman–Crippen LogP) is 4.94. The molecule has 0 spiro atoms. The lowest BCUT2D eigenvalue weighted by molar-refractivity contribution is 0.306. The summed E-state index contributed by atoms with van der Waals surface area (Å²) in [5.41, 5.74) is 2.83. The van der Waals surface area contributed by atoms with Gasteiger partial charge in [0.1, 0.15) is 18.2 Å². The Labute approximate surface area is 134 Å². The molecule has 112 valence electrons. The molecule has 0 aromatic heterocycles. The molecule has 0 saturated heterocycles. The molecule has 0 heterocycles. The molecule has 0 aliphatic heterocycles. The van der Waals surface area contributed by atoms with E-state index in [4.69, 9.17) is 4.74 Å². The lowest BCUT2D eigenvalue weighted by Crippen LogP contribution is -1.95. The Bertz CT molecular complexity index is 853. The van der Waals surface area contributed by atoms with Crippen LogP contribution in [0.1, 0.15) is 11.1 Å². The Morgan fingerprint density at radius 1 is 0.913 bits per heavy atom. The minimum Gasteiger partial charge on any atom is -0.489 e. The van der Waals surface area contributed by atoms with E-state index in [0.29, 0.717) is 23.5 Å². The normalized spacial score (nSPS) is 10.1. The van der Waals surface area contributed by atoms with E-state index in [1.54, 1.807) is 0 Å². The molecule has 23 heavy (non-hydrogen) atoms. The summed E-state index contributed by atoms with van der Waals surface area (Å²) in [7, 11) is 0. The lowest BCUT2D eigenvalue weighted by Gasteiger charge is -2.09. The average Bonchev–Trinajstić information content (AvgIpc) is 2.61. The highest BCUT2D eigenvalue weighted by Gasteiger charge is 2.07. The van der Waals surface area contributed by atoms with Crippen molar-refractivity contribution in [1.29, 1.82) is 5.26 Å². The van der Waals surface area contributed by atoms with Gasteiger partial charge in [-0.1, -0.05) is 42.5 Å². The molecule has 2 nitrogen and oxygen atoms in total. The van der Waals surface area contributed by atoms with E-state index in [1.807, 2.05) is 54.6 Å². The van der Waals surface area contributed by atoms with Gasteiger partial charge in [-0.15, -0.1) is 0 Å². The highest BCUT2D eigenvalue weighted by Crippen LogP contribution is 2.27. The number of hydrogen-bond acceptors (Lipinski definition) is 2.